The van der Waals surface area contributed by atoms with E-state index in [0.717, 1.165) is 17.8 Å². The van der Waals surface area contributed by atoms with Gasteiger partial charge in [-0.1, -0.05) is 0 Å². The van der Waals surface area contributed by atoms with Crippen LogP contribution in [0.2, 0.25) is 0 Å². The van der Waals surface area contributed by atoms with Crippen molar-refractivity contribution in [3.8, 4) is 0 Å². The number of carbonyl (C=O) groups is 2. The lowest BCUT2D eigenvalue weighted by atomic mass is 10.1. The van der Waals surface area contributed by atoms with Gasteiger partial charge in [0.2, 0.25) is 11.8 Å². The average Bonchev–Trinajstić information content (AvgIpc) is 2.44. The molecule has 1 rings (SSSR count). The van der Waals surface area contributed by atoms with E-state index in [9.17, 15) is 19.7 Å². The fourth-order valence-corrected chi connectivity index (χ4v) is 2.35. The van der Waals surface area contributed by atoms with E-state index < -0.39 is 16.4 Å². The predicted molar refractivity (Wildman–Crippen MR) is 83.6 cm³/mol. The number of nitro benzene ring substituents is 1. The van der Waals surface area contributed by atoms with E-state index in [2.05, 4.69) is 5.32 Å². The molecule has 120 valence electrons. The molecule has 0 unspecified atom stereocenters. The zero-order chi connectivity index (χ0) is 16.9. The molecule has 0 fully saturated rings. The molecule has 5 N–H and O–H groups in total. The second-order valence-electron chi connectivity index (χ2n) is 5.23. The Bertz CT molecular complexity index is 604. The van der Waals surface area contributed by atoms with Gasteiger partial charge in [0, 0.05) is 23.7 Å². The van der Waals surface area contributed by atoms with Crippen molar-refractivity contribution in [2.24, 2.45) is 11.5 Å². The summed E-state index contributed by atoms with van der Waals surface area (Å²) in [6, 6.07) is 3.90. The second-order valence-corrected chi connectivity index (χ2v) is 6.25. The van der Waals surface area contributed by atoms with Crippen molar-refractivity contribution >= 4 is 29.3 Å². The molecule has 2 amide bonds. The molecule has 8 nitrogen and oxygen atoms in total. The fourth-order valence-electron chi connectivity index (χ4n) is 1.54. The number of nitrogens with two attached hydrogens (primary N) is 2. The summed E-state index contributed by atoms with van der Waals surface area (Å²) in [6.45, 7) is 3.83. The summed E-state index contributed by atoms with van der Waals surface area (Å²) in [5.41, 5.74) is 9.86. The maximum Gasteiger partial charge on any atom is 0.283 e. The lowest BCUT2D eigenvalue weighted by molar-refractivity contribution is -0.387. The Hall–Kier alpha value is -2.13. The first-order chi connectivity index (χ1) is 10.2. The smallest absolute Gasteiger partial charge is 0.283 e. The fraction of sp³-hybridized carbons (Fsp3) is 0.385. The highest BCUT2D eigenvalue weighted by Crippen LogP contribution is 2.30. The molecule has 0 radical (unpaired) electrons. The van der Waals surface area contributed by atoms with Crippen LogP contribution in [0.5, 0.6) is 0 Å². The number of carbonyl (C=O) groups excluding carboxylic acids is 2. The SMILES string of the molecule is CC(C)(CN)NC(=O)CSc1ccc(C(N)=O)cc1[N+](=O)[O-]. The molecule has 0 aliphatic heterocycles. The zero-order valence-corrected chi connectivity index (χ0v) is 13.1. The molecule has 1 aromatic rings. The number of benzene rings is 1. The van der Waals surface area contributed by atoms with Crippen LogP contribution in [-0.4, -0.2) is 34.6 Å². The normalized spacial score (nSPS) is 11.0. The summed E-state index contributed by atoms with van der Waals surface area (Å²) in [5.74, 6) is -1.03. The highest BCUT2D eigenvalue weighted by atomic mass is 32.2. The molecule has 0 aliphatic carbocycles. The Labute approximate surface area is 131 Å². The minimum Gasteiger partial charge on any atom is -0.366 e. The van der Waals surface area contributed by atoms with Crippen molar-refractivity contribution in [3.63, 3.8) is 0 Å². The Morgan fingerprint density at radius 2 is 2.05 bits per heavy atom. The van der Waals surface area contributed by atoms with E-state index in [0.29, 0.717) is 0 Å². The number of hydrogen-bond acceptors (Lipinski definition) is 6. The van der Waals surface area contributed by atoms with Gasteiger partial charge in [0.15, 0.2) is 0 Å². The molecule has 0 bridgehead atoms. The van der Waals surface area contributed by atoms with E-state index in [-0.39, 0.29) is 34.4 Å². The highest BCUT2D eigenvalue weighted by Gasteiger charge is 2.21. The van der Waals surface area contributed by atoms with Gasteiger partial charge in [0.05, 0.1) is 15.6 Å². The summed E-state index contributed by atoms with van der Waals surface area (Å²) in [7, 11) is 0. The monoisotopic (exact) mass is 326 g/mol. The van der Waals surface area contributed by atoms with Gasteiger partial charge in [-0.15, -0.1) is 11.8 Å². The van der Waals surface area contributed by atoms with Crippen molar-refractivity contribution in [2.45, 2.75) is 24.3 Å². The number of nitro groups is 1. The van der Waals surface area contributed by atoms with Crippen molar-refractivity contribution < 1.29 is 14.5 Å². The third-order valence-corrected chi connectivity index (χ3v) is 3.85. The van der Waals surface area contributed by atoms with E-state index in [1.54, 1.807) is 13.8 Å². The summed E-state index contributed by atoms with van der Waals surface area (Å²) in [4.78, 5) is 33.6. The first kappa shape index (κ1) is 17.9. The molecule has 0 atom stereocenters. The van der Waals surface area contributed by atoms with Gasteiger partial charge in [-0.2, -0.15) is 0 Å². The maximum absolute atomic E-state index is 11.8. The lowest BCUT2D eigenvalue weighted by Crippen LogP contribution is -2.49. The first-order valence-corrected chi connectivity index (χ1v) is 7.37. The molecular formula is C13H18N4O4S. The summed E-state index contributed by atoms with van der Waals surface area (Å²) < 4.78 is 0. The second kappa shape index (κ2) is 7.23. The topological polar surface area (TPSA) is 141 Å². The van der Waals surface area contributed by atoms with Crippen LogP contribution in [0.15, 0.2) is 23.1 Å². The zero-order valence-electron chi connectivity index (χ0n) is 12.3. The molecule has 0 spiro atoms. The number of amides is 2. The molecule has 1 aromatic carbocycles. The van der Waals surface area contributed by atoms with E-state index >= 15 is 0 Å². The number of nitrogens with one attached hydrogen (secondary N) is 1. The quantitative estimate of drug-likeness (QED) is 0.381. The van der Waals surface area contributed by atoms with Gasteiger partial charge in [-0.25, -0.2) is 0 Å². The van der Waals surface area contributed by atoms with Crippen LogP contribution >= 0.6 is 11.8 Å². The van der Waals surface area contributed by atoms with Crippen molar-refractivity contribution in [2.75, 3.05) is 12.3 Å². The minimum absolute atomic E-state index is 0.000187. The number of primary amides is 1. The Morgan fingerprint density at radius 1 is 1.41 bits per heavy atom. The summed E-state index contributed by atoms with van der Waals surface area (Å²) in [6.07, 6.45) is 0. The molecule has 0 aromatic heterocycles. The van der Waals surface area contributed by atoms with Gasteiger partial charge in [0.25, 0.3) is 5.69 Å². The van der Waals surface area contributed by atoms with Crippen molar-refractivity contribution in [3.05, 3.63) is 33.9 Å². The van der Waals surface area contributed by atoms with Gasteiger partial charge in [-0.3, -0.25) is 19.7 Å². The van der Waals surface area contributed by atoms with Gasteiger partial charge >= 0.3 is 0 Å². The summed E-state index contributed by atoms with van der Waals surface area (Å²) >= 11 is 1.01. The number of nitrogens with zero attached hydrogens (tertiary/aromatic N) is 1. The molecule has 0 saturated heterocycles. The Balaban J connectivity index is 2.83. The van der Waals surface area contributed by atoms with Crippen LogP contribution in [0.4, 0.5) is 5.69 Å². The van der Waals surface area contributed by atoms with Crippen molar-refractivity contribution in [1.82, 2.24) is 5.32 Å². The standard InChI is InChI=1S/C13H18N4O4S/c1-13(2,7-14)16-11(18)6-22-10-4-3-8(12(15)19)5-9(10)17(20)21/h3-5H,6-7,14H2,1-2H3,(H2,15,19)(H,16,18). The third kappa shape index (κ3) is 5.01. The molecule has 0 aliphatic rings. The number of thioether (sulfide) groups is 1. The molecule has 9 heteroatoms. The summed E-state index contributed by atoms with van der Waals surface area (Å²) in [5, 5.41) is 13.8. The first-order valence-electron chi connectivity index (χ1n) is 6.38. The van der Waals surface area contributed by atoms with Crippen LogP contribution in [0, 0.1) is 10.1 Å². The van der Waals surface area contributed by atoms with E-state index in [1.165, 1.54) is 12.1 Å². The van der Waals surface area contributed by atoms with Crippen LogP contribution in [0.25, 0.3) is 0 Å². The van der Waals surface area contributed by atoms with E-state index in [1.807, 2.05) is 0 Å². The maximum atomic E-state index is 11.8. The molecule has 0 saturated carbocycles. The number of rotatable bonds is 7. The Morgan fingerprint density at radius 3 is 2.55 bits per heavy atom. The lowest BCUT2D eigenvalue weighted by Gasteiger charge is -2.24. The van der Waals surface area contributed by atoms with Crippen LogP contribution in [-0.2, 0) is 4.79 Å². The average molecular weight is 326 g/mol. The van der Waals surface area contributed by atoms with Gasteiger partial charge < -0.3 is 16.8 Å². The molecule has 22 heavy (non-hydrogen) atoms. The van der Waals surface area contributed by atoms with Crippen LogP contribution in [0.1, 0.15) is 24.2 Å². The largest absolute Gasteiger partial charge is 0.366 e. The van der Waals surface area contributed by atoms with E-state index in [4.69, 9.17) is 11.5 Å². The highest BCUT2D eigenvalue weighted by molar-refractivity contribution is 8.00. The number of hydrogen-bond donors (Lipinski definition) is 3. The van der Waals surface area contributed by atoms with Gasteiger partial charge in [0.1, 0.15) is 0 Å². The molecular weight excluding hydrogens is 308 g/mol. The van der Waals surface area contributed by atoms with Crippen LogP contribution < -0.4 is 16.8 Å². The minimum atomic E-state index is -0.748. The third-order valence-electron chi connectivity index (χ3n) is 2.79. The Kier molecular flexibility index (Phi) is 5.89. The van der Waals surface area contributed by atoms with Gasteiger partial charge in [-0.05, 0) is 26.0 Å². The predicted octanol–water partition coefficient (Wildman–Crippen LogP) is 0.639. The van der Waals surface area contributed by atoms with Crippen molar-refractivity contribution in [1.29, 1.82) is 0 Å². The molecule has 0 heterocycles. The van der Waals surface area contributed by atoms with Crippen LogP contribution in [0.3, 0.4) is 0 Å².